The van der Waals surface area contributed by atoms with Crippen molar-refractivity contribution in [3.8, 4) is 17.2 Å². The summed E-state index contributed by atoms with van der Waals surface area (Å²) in [7, 11) is 3.33. The van der Waals surface area contributed by atoms with Gasteiger partial charge in [-0.3, -0.25) is 9.59 Å². The predicted octanol–water partition coefficient (Wildman–Crippen LogP) is 4.45. The van der Waals surface area contributed by atoms with Crippen LogP contribution in [0.15, 0.2) is 78.9 Å². The maximum absolute atomic E-state index is 13.4. The van der Waals surface area contributed by atoms with Gasteiger partial charge in [-0.15, -0.1) is 0 Å². The summed E-state index contributed by atoms with van der Waals surface area (Å²) in [6.07, 6.45) is 0.0461. The highest BCUT2D eigenvalue weighted by molar-refractivity contribution is 6.30. The van der Waals surface area contributed by atoms with E-state index in [2.05, 4.69) is 0 Å². The number of hydrogen-bond acceptors (Lipinski definition) is 6. The number of halogens is 1. The molecule has 0 N–H and O–H groups in total. The topological polar surface area (TPSA) is 77.5 Å². The summed E-state index contributed by atoms with van der Waals surface area (Å²) in [4.78, 5) is 29.8. The molecule has 0 bridgehead atoms. The van der Waals surface area contributed by atoms with E-state index >= 15 is 0 Å². The molecule has 0 aromatic heterocycles. The molecule has 8 nitrogen and oxygen atoms in total. The lowest BCUT2D eigenvalue weighted by Crippen LogP contribution is -2.58. The molecule has 1 unspecified atom stereocenters. The summed E-state index contributed by atoms with van der Waals surface area (Å²) < 4.78 is 23.2. The Morgan fingerprint density at radius 2 is 1.72 bits per heavy atom. The molecule has 0 radical (unpaired) electrons. The zero-order chi connectivity index (χ0) is 27.7. The maximum atomic E-state index is 13.4. The number of morpholine rings is 1. The molecular formula is C30H33ClN2O6. The standard InChI is InChI=1S/C30H33ClN2O6/c1-32(19-23-7-4-3-5-8-23)28(34)18-30(22-38-25-13-11-24(31)12-14-25)21-33(15-16-39-30)29(35)20-37-27-10-6-9-26(17-27)36-2/h3-14,17H,15-16,18-22H2,1-2H3. The Morgan fingerprint density at radius 1 is 0.974 bits per heavy atom. The Kier molecular flexibility index (Phi) is 9.68. The number of nitrogens with zero attached hydrogens (tertiary/aromatic N) is 2. The van der Waals surface area contributed by atoms with Crippen molar-refractivity contribution in [1.29, 1.82) is 0 Å². The molecule has 1 saturated heterocycles. The number of methoxy groups -OCH3 is 1. The second-order valence-electron chi connectivity index (χ2n) is 9.47. The molecular weight excluding hydrogens is 520 g/mol. The van der Waals surface area contributed by atoms with E-state index < -0.39 is 5.60 Å². The van der Waals surface area contributed by atoms with Gasteiger partial charge in [-0.25, -0.2) is 0 Å². The number of rotatable bonds is 11. The summed E-state index contributed by atoms with van der Waals surface area (Å²) >= 11 is 6.01. The van der Waals surface area contributed by atoms with Gasteiger partial charge >= 0.3 is 0 Å². The highest BCUT2D eigenvalue weighted by Gasteiger charge is 2.42. The van der Waals surface area contributed by atoms with Gasteiger partial charge in [-0.05, 0) is 42.0 Å². The number of ether oxygens (including phenoxy) is 4. The average Bonchev–Trinajstić information content (AvgIpc) is 2.96. The van der Waals surface area contributed by atoms with Gasteiger partial charge in [0, 0.05) is 31.2 Å². The molecule has 2 amide bonds. The third-order valence-electron chi connectivity index (χ3n) is 6.48. The third kappa shape index (κ3) is 8.12. The minimum Gasteiger partial charge on any atom is -0.497 e. The smallest absolute Gasteiger partial charge is 0.260 e. The van der Waals surface area contributed by atoms with Crippen molar-refractivity contribution < 1.29 is 28.5 Å². The van der Waals surface area contributed by atoms with E-state index in [0.29, 0.717) is 35.4 Å². The van der Waals surface area contributed by atoms with E-state index in [0.717, 1.165) is 5.56 Å². The lowest BCUT2D eigenvalue weighted by atomic mass is 9.96. The Bertz CT molecular complexity index is 1240. The first kappa shape index (κ1) is 28.3. The van der Waals surface area contributed by atoms with E-state index in [-0.39, 0.29) is 44.6 Å². The summed E-state index contributed by atoms with van der Waals surface area (Å²) in [5, 5.41) is 0.594. The molecule has 1 aliphatic rings. The first-order chi connectivity index (χ1) is 18.9. The second kappa shape index (κ2) is 13.4. The lowest BCUT2D eigenvalue weighted by Gasteiger charge is -2.42. The van der Waals surface area contributed by atoms with Gasteiger partial charge < -0.3 is 28.7 Å². The van der Waals surface area contributed by atoms with Crippen molar-refractivity contribution in [2.75, 3.05) is 47.1 Å². The SMILES string of the molecule is COc1cccc(OCC(=O)N2CCOC(COc3ccc(Cl)cc3)(CC(=O)N(C)Cc3ccccc3)C2)c1. The van der Waals surface area contributed by atoms with Crippen LogP contribution in [-0.2, 0) is 20.9 Å². The fourth-order valence-electron chi connectivity index (χ4n) is 4.33. The van der Waals surface area contributed by atoms with E-state index in [1.807, 2.05) is 30.3 Å². The lowest BCUT2D eigenvalue weighted by molar-refractivity contribution is -0.166. The molecule has 4 rings (SSSR count). The van der Waals surface area contributed by atoms with Crippen LogP contribution in [0.2, 0.25) is 5.02 Å². The van der Waals surface area contributed by atoms with E-state index in [9.17, 15) is 9.59 Å². The van der Waals surface area contributed by atoms with Crippen LogP contribution in [0, 0.1) is 0 Å². The van der Waals surface area contributed by atoms with Gasteiger partial charge in [0.2, 0.25) is 5.91 Å². The molecule has 0 saturated carbocycles. The van der Waals surface area contributed by atoms with Crippen molar-refractivity contribution in [3.63, 3.8) is 0 Å². The van der Waals surface area contributed by atoms with E-state index in [1.54, 1.807) is 72.5 Å². The first-order valence-electron chi connectivity index (χ1n) is 12.7. The van der Waals surface area contributed by atoms with Crippen LogP contribution in [0.4, 0.5) is 0 Å². The Balaban J connectivity index is 1.45. The van der Waals surface area contributed by atoms with Crippen LogP contribution in [0.25, 0.3) is 0 Å². The third-order valence-corrected chi connectivity index (χ3v) is 6.73. The largest absolute Gasteiger partial charge is 0.497 e. The highest BCUT2D eigenvalue weighted by Crippen LogP contribution is 2.27. The van der Waals surface area contributed by atoms with Crippen molar-refractivity contribution in [2.45, 2.75) is 18.6 Å². The van der Waals surface area contributed by atoms with Crippen molar-refractivity contribution in [1.82, 2.24) is 9.80 Å². The molecule has 3 aromatic carbocycles. The Hall–Kier alpha value is -3.75. The molecule has 206 valence electrons. The number of hydrogen-bond donors (Lipinski definition) is 0. The second-order valence-corrected chi connectivity index (χ2v) is 9.91. The zero-order valence-corrected chi connectivity index (χ0v) is 22.9. The van der Waals surface area contributed by atoms with Crippen LogP contribution < -0.4 is 14.2 Å². The maximum Gasteiger partial charge on any atom is 0.260 e. The molecule has 1 atom stereocenters. The quantitative estimate of drug-likeness (QED) is 0.350. The molecule has 1 fully saturated rings. The van der Waals surface area contributed by atoms with Crippen LogP contribution in [0.5, 0.6) is 17.2 Å². The van der Waals surface area contributed by atoms with Gasteiger partial charge in [0.15, 0.2) is 6.61 Å². The van der Waals surface area contributed by atoms with Gasteiger partial charge in [-0.2, -0.15) is 0 Å². The van der Waals surface area contributed by atoms with Crippen molar-refractivity contribution >= 4 is 23.4 Å². The minimum absolute atomic E-state index is 0.0461. The molecule has 0 aliphatic carbocycles. The fourth-order valence-corrected chi connectivity index (χ4v) is 4.46. The normalized spacial score (nSPS) is 16.8. The Morgan fingerprint density at radius 3 is 2.46 bits per heavy atom. The van der Waals surface area contributed by atoms with E-state index in [1.165, 1.54) is 0 Å². The summed E-state index contributed by atoms with van der Waals surface area (Å²) in [5.41, 5.74) is -0.0122. The molecule has 39 heavy (non-hydrogen) atoms. The number of carbonyl (C=O) groups excluding carboxylic acids is 2. The van der Waals surface area contributed by atoms with Gasteiger partial charge in [0.25, 0.3) is 5.91 Å². The average molecular weight is 553 g/mol. The van der Waals surface area contributed by atoms with Gasteiger partial charge in [0.05, 0.1) is 26.7 Å². The Labute approximate surface area is 234 Å². The number of benzene rings is 3. The van der Waals surface area contributed by atoms with Crippen molar-refractivity contribution in [3.05, 3.63) is 89.4 Å². The van der Waals surface area contributed by atoms with Gasteiger partial charge in [-0.1, -0.05) is 48.0 Å². The summed E-state index contributed by atoms with van der Waals surface area (Å²) in [6.45, 7) is 1.24. The van der Waals surface area contributed by atoms with Crippen molar-refractivity contribution in [2.24, 2.45) is 0 Å². The van der Waals surface area contributed by atoms with E-state index in [4.69, 9.17) is 30.5 Å². The summed E-state index contributed by atoms with van der Waals surface area (Å²) in [6, 6.07) is 23.8. The summed E-state index contributed by atoms with van der Waals surface area (Å²) in [5.74, 6) is 1.45. The molecule has 9 heteroatoms. The molecule has 0 spiro atoms. The van der Waals surface area contributed by atoms with Crippen LogP contribution in [0.3, 0.4) is 0 Å². The van der Waals surface area contributed by atoms with Gasteiger partial charge in [0.1, 0.15) is 29.5 Å². The number of carbonyl (C=O) groups is 2. The molecule has 1 aliphatic heterocycles. The highest BCUT2D eigenvalue weighted by atomic mass is 35.5. The monoisotopic (exact) mass is 552 g/mol. The molecule has 3 aromatic rings. The fraction of sp³-hybridized carbons (Fsp3) is 0.333. The molecule has 1 heterocycles. The minimum atomic E-state index is -1.04. The predicted molar refractivity (Wildman–Crippen MR) is 148 cm³/mol. The van der Waals surface area contributed by atoms with Crippen LogP contribution >= 0.6 is 11.6 Å². The number of amides is 2. The van der Waals surface area contributed by atoms with Crippen LogP contribution in [0.1, 0.15) is 12.0 Å². The first-order valence-corrected chi connectivity index (χ1v) is 13.1. The van der Waals surface area contributed by atoms with Crippen LogP contribution in [-0.4, -0.2) is 74.3 Å². The zero-order valence-electron chi connectivity index (χ0n) is 22.2.